The maximum atomic E-state index is 12.4. The minimum Gasteiger partial charge on any atom is -0.366 e. The van der Waals surface area contributed by atoms with Crippen molar-refractivity contribution in [1.82, 2.24) is 4.98 Å². The molecule has 0 unspecified atom stereocenters. The fourth-order valence-corrected chi connectivity index (χ4v) is 3.62. The van der Waals surface area contributed by atoms with Gasteiger partial charge < -0.3 is 5.73 Å². The number of anilines is 1. The first kappa shape index (κ1) is 18.8. The van der Waals surface area contributed by atoms with E-state index in [0.29, 0.717) is 16.3 Å². The van der Waals surface area contributed by atoms with Crippen LogP contribution in [0.5, 0.6) is 0 Å². The van der Waals surface area contributed by atoms with Gasteiger partial charge in [0.05, 0.1) is 5.69 Å². The Labute approximate surface area is 162 Å². The highest BCUT2D eigenvalue weighted by molar-refractivity contribution is 7.16. The number of benzene rings is 2. The lowest BCUT2D eigenvalue weighted by Crippen LogP contribution is -2.14. The van der Waals surface area contributed by atoms with Gasteiger partial charge in [-0.25, -0.2) is 4.98 Å². The van der Waals surface area contributed by atoms with E-state index >= 15 is 0 Å². The Kier molecular flexibility index (Phi) is 5.66. The molecule has 1 heterocycles. The molecule has 138 valence electrons. The third-order valence-electron chi connectivity index (χ3n) is 4.21. The highest BCUT2D eigenvalue weighted by Gasteiger charge is 2.13. The first-order valence-electron chi connectivity index (χ1n) is 8.76. The molecule has 0 aliphatic heterocycles. The van der Waals surface area contributed by atoms with E-state index in [4.69, 9.17) is 5.73 Å². The summed E-state index contributed by atoms with van der Waals surface area (Å²) >= 11 is 1.44. The topological polar surface area (TPSA) is 85.1 Å². The van der Waals surface area contributed by atoms with Gasteiger partial charge in [0.25, 0.3) is 5.91 Å². The summed E-state index contributed by atoms with van der Waals surface area (Å²) in [5.41, 5.74) is 9.25. The Morgan fingerprint density at radius 1 is 1.04 bits per heavy atom. The SMILES string of the molecule is CCCc1ccc(-c2nc(NC(=O)c3ccc(C(N)=O)cc3)sc2C)cc1. The zero-order valence-corrected chi connectivity index (χ0v) is 16.1. The van der Waals surface area contributed by atoms with Gasteiger partial charge >= 0.3 is 0 Å². The zero-order chi connectivity index (χ0) is 19.4. The van der Waals surface area contributed by atoms with Crippen molar-refractivity contribution in [3.63, 3.8) is 0 Å². The molecule has 3 aromatic rings. The number of primary amides is 1. The van der Waals surface area contributed by atoms with Crippen LogP contribution in [0.2, 0.25) is 0 Å². The molecule has 0 spiro atoms. The van der Waals surface area contributed by atoms with Gasteiger partial charge in [0, 0.05) is 21.6 Å². The average molecular weight is 379 g/mol. The lowest BCUT2D eigenvalue weighted by Gasteiger charge is -2.03. The van der Waals surface area contributed by atoms with Crippen molar-refractivity contribution < 1.29 is 9.59 Å². The molecule has 0 atom stereocenters. The molecule has 0 bridgehead atoms. The molecule has 0 fully saturated rings. The first-order chi connectivity index (χ1) is 13.0. The highest BCUT2D eigenvalue weighted by atomic mass is 32.1. The Hall–Kier alpha value is -2.99. The summed E-state index contributed by atoms with van der Waals surface area (Å²) in [4.78, 5) is 29.1. The van der Waals surface area contributed by atoms with Crippen LogP contribution in [0.4, 0.5) is 5.13 Å². The van der Waals surface area contributed by atoms with E-state index in [1.807, 2.05) is 6.92 Å². The number of hydrogen-bond donors (Lipinski definition) is 2. The van der Waals surface area contributed by atoms with Crippen LogP contribution in [0, 0.1) is 6.92 Å². The quantitative estimate of drug-likeness (QED) is 0.665. The van der Waals surface area contributed by atoms with E-state index in [2.05, 4.69) is 41.5 Å². The molecule has 2 aromatic carbocycles. The van der Waals surface area contributed by atoms with Crippen molar-refractivity contribution in [1.29, 1.82) is 0 Å². The maximum Gasteiger partial charge on any atom is 0.257 e. The number of aryl methyl sites for hydroxylation is 2. The smallest absolute Gasteiger partial charge is 0.257 e. The summed E-state index contributed by atoms with van der Waals surface area (Å²) in [6.45, 7) is 4.15. The largest absolute Gasteiger partial charge is 0.366 e. The van der Waals surface area contributed by atoms with E-state index in [-0.39, 0.29) is 5.91 Å². The molecule has 0 saturated carbocycles. The predicted octanol–water partition coefficient (Wildman–Crippen LogP) is 4.42. The summed E-state index contributed by atoms with van der Waals surface area (Å²) in [5.74, 6) is -0.795. The van der Waals surface area contributed by atoms with Crippen molar-refractivity contribution >= 4 is 28.3 Å². The fourth-order valence-electron chi connectivity index (χ4n) is 2.79. The Balaban J connectivity index is 1.75. The number of nitrogens with one attached hydrogen (secondary N) is 1. The Morgan fingerprint density at radius 3 is 2.26 bits per heavy atom. The van der Waals surface area contributed by atoms with Crippen molar-refractivity contribution in [3.05, 3.63) is 70.1 Å². The number of amides is 2. The molecule has 5 nitrogen and oxygen atoms in total. The van der Waals surface area contributed by atoms with Gasteiger partial charge in [-0.3, -0.25) is 14.9 Å². The standard InChI is InChI=1S/C21H21N3O2S/c1-3-4-14-5-7-15(8-6-14)18-13(2)27-21(23-18)24-20(26)17-11-9-16(10-12-17)19(22)25/h5-12H,3-4H2,1-2H3,(H2,22,25)(H,23,24,26). The summed E-state index contributed by atoms with van der Waals surface area (Å²) in [5, 5.41) is 3.37. The molecule has 27 heavy (non-hydrogen) atoms. The average Bonchev–Trinajstić information content (AvgIpc) is 3.02. The van der Waals surface area contributed by atoms with Crippen molar-refractivity contribution in [3.8, 4) is 11.3 Å². The second-order valence-electron chi connectivity index (χ2n) is 6.27. The monoisotopic (exact) mass is 379 g/mol. The minimum atomic E-state index is -0.521. The van der Waals surface area contributed by atoms with E-state index in [0.717, 1.165) is 29.0 Å². The summed E-state index contributed by atoms with van der Waals surface area (Å²) in [6.07, 6.45) is 2.18. The van der Waals surface area contributed by atoms with Gasteiger partial charge in [0.2, 0.25) is 5.91 Å². The lowest BCUT2D eigenvalue weighted by molar-refractivity contribution is 0.0995. The molecule has 3 rings (SSSR count). The molecule has 6 heteroatoms. The Morgan fingerprint density at radius 2 is 1.67 bits per heavy atom. The molecule has 3 N–H and O–H groups in total. The molecular weight excluding hydrogens is 358 g/mol. The molecular formula is C21H21N3O2S. The zero-order valence-electron chi connectivity index (χ0n) is 15.3. The normalized spacial score (nSPS) is 10.6. The molecule has 0 aliphatic rings. The van der Waals surface area contributed by atoms with Crippen LogP contribution in [0.25, 0.3) is 11.3 Å². The molecule has 0 saturated heterocycles. The highest BCUT2D eigenvalue weighted by Crippen LogP contribution is 2.31. The third-order valence-corrected chi connectivity index (χ3v) is 5.10. The van der Waals surface area contributed by atoms with Crippen LogP contribution in [0.15, 0.2) is 48.5 Å². The number of aromatic nitrogens is 1. The maximum absolute atomic E-state index is 12.4. The molecule has 2 amide bonds. The van der Waals surface area contributed by atoms with Gasteiger partial charge in [0.15, 0.2) is 5.13 Å². The van der Waals surface area contributed by atoms with Crippen molar-refractivity contribution in [2.75, 3.05) is 5.32 Å². The number of rotatable bonds is 6. The van der Waals surface area contributed by atoms with Crippen LogP contribution >= 0.6 is 11.3 Å². The van der Waals surface area contributed by atoms with Crippen LogP contribution in [0.3, 0.4) is 0 Å². The van der Waals surface area contributed by atoms with Crippen LogP contribution in [0.1, 0.15) is 44.5 Å². The van der Waals surface area contributed by atoms with E-state index < -0.39 is 5.91 Å². The van der Waals surface area contributed by atoms with Gasteiger partial charge in [-0.1, -0.05) is 37.6 Å². The summed E-state index contributed by atoms with van der Waals surface area (Å²) in [6, 6.07) is 14.6. The Bertz CT molecular complexity index is 960. The number of hydrogen-bond acceptors (Lipinski definition) is 4. The van der Waals surface area contributed by atoms with E-state index in [1.54, 1.807) is 12.1 Å². The van der Waals surface area contributed by atoms with Gasteiger partial charge in [-0.15, -0.1) is 11.3 Å². The van der Waals surface area contributed by atoms with Crippen LogP contribution in [-0.4, -0.2) is 16.8 Å². The number of carbonyl (C=O) groups excluding carboxylic acids is 2. The minimum absolute atomic E-state index is 0.274. The van der Waals surface area contributed by atoms with E-state index in [9.17, 15) is 9.59 Å². The van der Waals surface area contributed by atoms with Crippen LogP contribution in [-0.2, 0) is 6.42 Å². The lowest BCUT2D eigenvalue weighted by atomic mass is 10.1. The summed E-state index contributed by atoms with van der Waals surface area (Å²) in [7, 11) is 0. The van der Waals surface area contributed by atoms with Gasteiger partial charge in [-0.2, -0.15) is 0 Å². The number of carbonyl (C=O) groups is 2. The second-order valence-corrected chi connectivity index (χ2v) is 7.47. The third kappa shape index (κ3) is 4.41. The van der Waals surface area contributed by atoms with Crippen molar-refractivity contribution in [2.24, 2.45) is 5.73 Å². The number of thiazole rings is 1. The van der Waals surface area contributed by atoms with Gasteiger partial charge in [0.1, 0.15) is 0 Å². The van der Waals surface area contributed by atoms with Crippen molar-refractivity contribution in [2.45, 2.75) is 26.7 Å². The summed E-state index contributed by atoms with van der Waals surface area (Å²) < 4.78 is 0. The number of nitrogens with zero attached hydrogens (tertiary/aromatic N) is 1. The molecule has 1 aromatic heterocycles. The fraction of sp³-hybridized carbons (Fsp3) is 0.190. The van der Waals surface area contributed by atoms with Crippen LogP contribution < -0.4 is 11.1 Å². The first-order valence-corrected chi connectivity index (χ1v) is 9.57. The second kappa shape index (κ2) is 8.14. The number of nitrogens with two attached hydrogens (primary N) is 1. The molecule has 0 aliphatic carbocycles. The molecule has 0 radical (unpaired) electrons. The van der Waals surface area contributed by atoms with E-state index in [1.165, 1.54) is 29.0 Å². The van der Waals surface area contributed by atoms with Gasteiger partial charge in [-0.05, 0) is 43.2 Å². The predicted molar refractivity (Wildman–Crippen MR) is 109 cm³/mol.